The highest BCUT2D eigenvalue weighted by molar-refractivity contribution is 7.18. The number of halogens is 1. The average Bonchev–Trinajstić information content (AvgIpc) is 3.36. The number of fused-ring (bicyclic) bond motifs is 1. The predicted molar refractivity (Wildman–Crippen MR) is 112 cm³/mol. The molecule has 0 radical (unpaired) electrons. The van der Waals surface area contributed by atoms with Crippen LogP contribution in [-0.4, -0.2) is 65.9 Å². The van der Waals surface area contributed by atoms with Gasteiger partial charge in [-0.2, -0.15) is 0 Å². The Morgan fingerprint density at radius 3 is 2.68 bits per heavy atom. The number of thiazole rings is 1. The van der Waals surface area contributed by atoms with Crippen LogP contribution in [0.4, 0.5) is 0 Å². The molecular formula is C20H25ClN4O2S. The minimum Gasteiger partial charge on any atom is -0.346 e. The third-order valence-corrected chi connectivity index (χ3v) is 7.00. The Balaban J connectivity index is 1.23. The first-order valence-corrected chi connectivity index (χ1v) is 11.1. The molecule has 3 heterocycles. The molecule has 2 fully saturated rings. The van der Waals surface area contributed by atoms with Gasteiger partial charge in [-0.1, -0.05) is 11.6 Å². The number of piperidine rings is 1. The van der Waals surface area contributed by atoms with Crippen LogP contribution >= 0.6 is 22.9 Å². The average molecular weight is 421 g/mol. The summed E-state index contributed by atoms with van der Waals surface area (Å²) in [5.74, 6) is 0.397. The number of carbonyl (C=O) groups excluding carboxylic acids is 2. The summed E-state index contributed by atoms with van der Waals surface area (Å²) in [6, 6.07) is 5.85. The van der Waals surface area contributed by atoms with Crippen LogP contribution in [0.1, 0.15) is 36.6 Å². The molecule has 28 heavy (non-hydrogen) atoms. The fourth-order valence-electron chi connectivity index (χ4n) is 3.94. The summed E-state index contributed by atoms with van der Waals surface area (Å²) in [7, 11) is 0. The first kappa shape index (κ1) is 19.6. The van der Waals surface area contributed by atoms with Gasteiger partial charge in [-0.25, -0.2) is 4.98 Å². The maximum Gasteiger partial charge on any atom is 0.241 e. The molecule has 2 aliphatic rings. The number of rotatable bonds is 5. The Kier molecular flexibility index (Phi) is 6.13. The molecule has 0 unspecified atom stereocenters. The molecule has 0 atom stereocenters. The molecule has 1 aromatic heterocycles. The van der Waals surface area contributed by atoms with Crippen molar-refractivity contribution in [3.05, 3.63) is 28.2 Å². The summed E-state index contributed by atoms with van der Waals surface area (Å²) < 4.78 is 1.17. The van der Waals surface area contributed by atoms with Crippen molar-refractivity contribution >= 4 is 45.0 Å². The van der Waals surface area contributed by atoms with Gasteiger partial charge in [0.1, 0.15) is 0 Å². The molecule has 150 valence electrons. The number of carbonyl (C=O) groups is 2. The molecule has 2 aromatic rings. The Bertz CT molecular complexity index is 857. The predicted octanol–water partition coefficient (Wildman–Crippen LogP) is 2.87. The number of nitrogens with zero attached hydrogens (tertiary/aromatic N) is 3. The van der Waals surface area contributed by atoms with Crippen LogP contribution in [0.15, 0.2) is 18.2 Å². The van der Waals surface area contributed by atoms with Crippen molar-refractivity contribution in [3.8, 4) is 0 Å². The zero-order valence-electron chi connectivity index (χ0n) is 15.8. The van der Waals surface area contributed by atoms with Crippen molar-refractivity contribution in [1.29, 1.82) is 0 Å². The fraction of sp³-hybridized carbons (Fsp3) is 0.550. The molecule has 4 rings (SSSR count). The van der Waals surface area contributed by atoms with Crippen LogP contribution in [-0.2, 0) is 9.59 Å². The van der Waals surface area contributed by atoms with E-state index in [0.717, 1.165) is 62.4 Å². The highest BCUT2D eigenvalue weighted by Gasteiger charge is 2.25. The van der Waals surface area contributed by atoms with Crippen molar-refractivity contribution in [2.45, 2.75) is 31.6 Å². The van der Waals surface area contributed by atoms with Crippen LogP contribution in [0.3, 0.4) is 0 Å². The third kappa shape index (κ3) is 4.64. The van der Waals surface area contributed by atoms with E-state index >= 15 is 0 Å². The van der Waals surface area contributed by atoms with E-state index in [4.69, 9.17) is 16.6 Å². The molecule has 8 heteroatoms. The highest BCUT2D eigenvalue weighted by atomic mass is 35.5. The quantitative estimate of drug-likeness (QED) is 0.807. The van der Waals surface area contributed by atoms with Crippen molar-refractivity contribution in [2.24, 2.45) is 0 Å². The van der Waals surface area contributed by atoms with Gasteiger partial charge in [0.05, 0.1) is 28.3 Å². The van der Waals surface area contributed by atoms with Crippen molar-refractivity contribution in [2.75, 3.05) is 39.3 Å². The Labute approximate surface area is 173 Å². The molecule has 0 bridgehead atoms. The lowest BCUT2D eigenvalue weighted by molar-refractivity contribution is -0.132. The molecular weight excluding hydrogens is 396 g/mol. The number of aromatic nitrogens is 1. The Morgan fingerprint density at radius 1 is 1.18 bits per heavy atom. The van der Waals surface area contributed by atoms with E-state index in [2.05, 4.69) is 10.2 Å². The lowest BCUT2D eigenvalue weighted by Crippen LogP contribution is -2.44. The molecule has 1 N–H and O–H groups in total. The van der Waals surface area contributed by atoms with Gasteiger partial charge in [0.2, 0.25) is 11.8 Å². The highest BCUT2D eigenvalue weighted by Crippen LogP contribution is 2.34. The lowest BCUT2D eigenvalue weighted by Gasteiger charge is -2.30. The SMILES string of the molecule is O=C(CN1CCC(c2nc3cc(Cl)ccc3s2)CC1)NCC(=O)N1CCCC1. The van der Waals surface area contributed by atoms with Gasteiger partial charge >= 0.3 is 0 Å². The number of hydrogen-bond donors (Lipinski definition) is 1. The second-order valence-corrected chi connectivity index (χ2v) is 9.08. The van der Waals surface area contributed by atoms with Crippen molar-refractivity contribution in [3.63, 3.8) is 0 Å². The Hall–Kier alpha value is -1.70. The molecule has 6 nitrogen and oxygen atoms in total. The van der Waals surface area contributed by atoms with E-state index < -0.39 is 0 Å². The minimum absolute atomic E-state index is 0.0282. The Morgan fingerprint density at radius 2 is 1.93 bits per heavy atom. The summed E-state index contributed by atoms with van der Waals surface area (Å²) in [4.78, 5) is 33.0. The second kappa shape index (κ2) is 8.76. The van der Waals surface area contributed by atoms with Crippen molar-refractivity contribution in [1.82, 2.24) is 20.1 Å². The summed E-state index contributed by atoms with van der Waals surface area (Å²) in [6.07, 6.45) is 4.12. The van der Waals surface area contributed by atoms with Crippen LogP contribution < -0.4 is 5.32 Å². The maximum absolute atomic E-state index is 12.2. The number of amides is 2. The monoisotopic (exact) mass is 420 g/mol. The third-order valence-electron chi connectivity index (χ3n) is 5.57. The number of nitrogens with one attached hydrogen (secondary N) is 1. The first-order chi connectivity index (χ1) is 13.6. The topological polar surface area (TPSA) is 65.5 Å². The normalized spacial score (nSPS) is 18.7. The fourth-order valence-corrected chi connectivity index (χ4v) is 5.23. The van der Waals surface area contributed by atoms with E-state index in [0.29, 0.717) is 17.5 Å². The molecule has 2 saturated heterocycles. The van der Waals surface area contributed by atoms with Gasteiger partial charge in [-0.15, -0.1) is 11.3 Å². The van der Waals surface area contributed by atoms with E-state index in [-0.39, 0.29) is 18.4 Å². The first-order valence-electron chi connectivity index (χ1n) is 9.91. The summed E-state index contributed by atoms with van der Waals surface area (Å²) in [6.45, 7) is 3.85. The van der Waals surface area contributed by atoms with Crippen LogP contribution in [0, 0.1) is 0 Å². The standard InChI is InChI=1S/C20H25ClN4O2S/c21-15-3-4-17-16(11-15)23-20(28-17)14-5-9-24(10-6-14)13-18(26)22-12-19(27)25-7-1-2-8-25/h3-4,11,14H,1-2,5-10,12-13H2,(H,22,26). The van der Waals surface area contributed by atoms with Gasteiger partial charge < -0.3 is 10.2 Å². The number of hydrogen-bond acceptors (Lipinski definition) is 5. The number of likely N-dealkylation sites (tertiary alicyclic amines) is 2. The smallest absolute Gasteiger partial charge is 0.241 e. The number of benzene rings is 1. The van der Waals surface area contributed by atoms with Gasteiger partial charge in [0, 0.05) is 24.0 Å². The van der Waals surface area contributed by atoms with Gasteiger partial charge in [-0.3, -0.25) is 14.5 Å². The molecule has 0 saturated carbocycles. The summed E-state index contributed by atoms with van der Waals surface area (Å²) >= 11 is 7.80. The molecule has 0 spiro atoms. The van der Waals surface area contributed by atoms with Crippen molar-refractivity contribution < 1.29 is 9.59 Å². The van der Waals surface area contributed by atoms with Crippen LogP contribution in [0.5, 0.6) is 0 Å². The molecule has 2 amide bonds. The van der Waals surface area contributed by atoms with Crippen LogP contribution in [0.2, 0.25) is 5.02 Å². The zero-order valence-corrected chi connectivity index (χ0v) is 17.4. The molecule has 0 aliphatic carbocycles. The van der Waals surface area contributed by atoms with Gasteiger partial charge in [0.25, 0.3) is 0 Å². The molecule has 1 aromatic carbocycles. The minimum atomic E-state index is -0.0689. The second-order valence-electron chi connectivity index (χ2n) is 7.58. The molecule has 2 aliphatic heterocycles. The maximum atomic E-state index is 12.2. The largest absolute Gasteiger partial charge is 0.346 e. The van der Waals surface area contributed by atoms with Gasteiger partial charge in [-0.05, 0) is 57.0 Å². The van der Waals surface area contributed by atoms with E-state index in [1.54, 1.807) is 11.3 Å². The van der Waals surface area contributed by atoms with Gasteiger partial charge in [0.15, 0.2) is 0 Å². The van der Waals surface area contributed by atoms with E-state index in [1.807, 2.05) is 23.1 Å². The lowest BCUT2D eigenvalue weighted by atomic mass is 9.97. The van der Waals surface area contributed by atoms with Crippen LogP contribution in [0.25, 0.3) is 10.2 Å². The summed E-state index contributed by atoms with van der Waals surface area (Å²) in [5, 5.41) is 4.66. The van der Waals surface area contributed by atoms with E-state index in [9.17, 15) is 9.59 Å². The summed E-state index contributed by atoms with van der Waals surface area (Å²) in [5.41, 5.74) is 0.969. The van der Waals surface area contributed by atoms with E-state index in [1.165, 1.54) is 4.70 Å². The zero-order chi connectivity index (χ0) is 19.5.